The predicted octanol–water partition coefficient (Wildman–Crippen LogP) is 4.99. The van der Waals surface area contributed by atoms with E-state index in [2.05, 4.69) is 5.10 Å². The number of thiophene rings is 1. The molecule has 4 rings (SSSR count). The lowest BCUT2D eigenvalue weighted by molar-refractivity contribution is 0.0716. The zero-order valence-corrected chi connectivity index (χ0v) is 14.1. The first kappa shape index (κ1) is 15.2. The van der Waals surface area contributed by atoms with Crippen molar-refractivity contribution in [3.63, 3.8) is 0 Å². The Bertz CT molecular complexity index is 870. The first-order chi connectivity index (χ1) is 11.7. The number of rotatable bonds is 3. The molecule has 1 atom stereocenters. The highest BCUT2D eigenvalue weighted by Crippen LogP contribution is 2.35. The predicted molar refractivity (Wildman–Crippen MR) is 94.5 cm³/mol. The van der Waals surface area contributed by atoms with Crippen LogP contribution in [0.1, 0.15) is 33.5 Å². The van der Waals surface area contributed by atoms with Crippen molar-refractivity contribution >= 4 is 34.6 Å². The number of hydrazone groups is 1. The molecule has 0 N–H and O–H groups in total. The quantitative estimate of drug-likeness (QED) is 0.664. The second-order valence-electron chi connectivity index (χ2n) is 5.42. The Morgan fingerprint density at radius 3 is 2.71 bits per heavy atom. The maximum Gasteiger partial charge on any atom is 0.284 e. The molecule has 0 saturated carbocycles. The molecular weight excluding hydrogens is 344 g/mol. The molecule has 0 saturated heterocycles. The number of furan rings is 1. The van der Waals surface area contributed by atoms with Gasteiger partial charge in [-0.2, -0.15) is 5.10 Å². The molecule has 3 heterocycles. The van der Waals surface area contributed by atoms with Crippen molar-refractivity contribution in [2.45, 2.75) is 12.5 Å². The number of amides is 1. The second kappa shape index (κ2) is 6.26. The summed E-state index contributed by atoms with van der Waals surface area (Å²) in [5, 5.41) is 8.65. The number of halogens is 1. The average molecular weight is 357 g/mol. The van der Waals surface area contributed by atoms with Gasteiger partial charge in [-0.25, -0.2) is 5.01 Å². The Morgan fingerprint density at radius 1 is 1.21 bits per heavy atom. The van der Waals surface area contributed by atoms with Crippen LogP contribution in [0.3, 0.4) is 0 Å². The van der Waals surface area contributed by atoms with Crippen LogP contribution in [-0.2, 0) is 0 Å². The topological polar surface area (TPSA) is 45.8 Å². The molecule has 0 aliphatic carbocycles. The number of nitrogens with zero attached hydrogens (tertiary/aromatic N) is 2. The van der Waals surface area contributed by atoms with Crippen molar-refractivity contribution in [1.29, 1.82) is 0 Å². The Morgan fingerprint density at radius 2 is 2.04 bits per heavy atom. The highest BCUT2D eigenvalue weighted by molar-refractivity contribution is 7.12. The van der Waals surface area contributed by atoms with Gasteiger partial charge in [0, 0.05) is 11.4 Å². The lowest BCUT2D eigenvalue weighted by Gasteiger charge is -2.21. The lowest BCUT2D eigenvalue weighted by atomic mass is 10.0. The summed E-state index contributed by atoms with van der Waals surface area (Å²) in [5.74, 6) is 0.585. The molecule has 0 spiro atoms. The van der Waals surface area contributed by atoms with Gasteiger partial charge in [-0.1, -0.05) is 29.8 Å². The van der Waals surface area contributed by atoms with Gasteiger partial charge in [-0.15, -0.1) is 11.3 Å². The first-order valence-electron chi connectivity index (χ1n) is 7.46. The SMILES string of the molecule is O=C(c1cccs1)N1N=C(c2ccco2)C[C@H]1c1ccc(Cl)cc1. The van der Waals surface area contributed by atoms with Crippen LogP contribution in [0.2, 0.25) is 5.02 Å². The van der Waals surface area contributed by atoms with Gasteiger partial charge in [-0.3, -0.25) is 4.79 Å². The molecule has 0 unspecified atom stereocenters. The minimum Gasteiger partial charge on any atom is -0.463 e. The molecule has 0 radical (unpaired) electrons. The molecule has 24 heavy (non-hydrogen) atoms. The minimum absolute atomic E-state index is 0.105. The van der Waals surface area contributed by atoms with Crippen LogP contribution in [0.15, 0.2) is 69.7 Å². The van der Waals surface area contributed by atoms with E-state index in [9.17, 15) is 4.79 Å². The van der Waals surface area contributed by atoms with Gasteiger partial charge in [0.15, 0.2) is 0 Å². The van der Waals surface area contributed by atoms with Crippen molar-refractivity contribution in [2.75, 3.05) is 0 Å². The number of hydrogen-bond acceptors (Lipinski definition) is 4. The standard InChI is InChI=1S/C18H13ClN2O2S/c19-13-7-5-12(6-8-13)15-11-14(16-3-1-9-23-16)20-21(15)18(22)17-4-2-10-24-17/h1-10,15H,11H2/t15-/m0/s1. The van der Waals surface area contributed by atoms with Crippen LogP contribution >= 0.6 is 22.9 Å². The largest absolute Gasteiger partial charge is 0.463 e. The van der Waals surface area contributed by atoms with Crippen molar-refractivity contribution < 1.29 is 9.21 Å². The Hall–Kier alpha value is -2.37. The lowest BCUT2D eigenvalue weighted by Crippen LogP contribution is -2.26. The molecule has 120 valence electrons. The summed E-state index contributed by atoms with van der Waals surface area (Å²) in [4.78, 5) is 13.5. The van der Waals surface area contributed by atoms with E-state index in [0.29, 0.717) is 22.1 Å². The van der Waals surface area contributed by atoms with E-state index in [1.165, 1.54) is 11.3 Å². The van der Waals surface area contributed by atoms with Crippen LogP contribution < -0.4 is 0 Å². The molecule has 0 bridgehead atoms. The molecule has 1 aliphatic heterocycles. The van der Waals surface area contributed by atoms with Crippen LogP contribution in [0, 0.1) is 0 Å². The van der Waals surface area contributed by atoms with Crippen molar-refractivity contribution in [3.8, 4) is 0 Å². The summed E-state index contributed by atoms with van der Waals surface area (Å²) >= 11 is 7.40. The molecular formula is C18H13ClN2O2S. The molecule has 1 aliphatic rings. The minimum atomic E-state index is -0.169. The summed E-state index contributed by atoms with van der Waals surface area (Å²) in [7, 11) is 0. The van der Waals surface area contributed by atoms with Gasteiger partial charge in [0.05, 0.1) is 17.2 Å². The average Bonchev–Trinajstić information content (AvgIpc) is 3.34. The fourth-order valence-electron chi connectivity index (χ4n) is 2.75. The number of hydrogen-bond donors (Lipinski definition) is 0. The van der Waals surface area contributed by atoms with Crippen LogP contribution in [0.4, 0.5) is 0 Å². The van der Waals surface area contributed by atoms with E-state index < -0.39 is 0 Å². The summed E-state index contributed by atoms with van der Waals surface area (Å²) < 4.78 is 5.45. The molecule has 3 aromatic rings. The van der Waals surface area contributed by atoms with E-state index in [4.69, 9.17) is 16.0 Å². The molecule has 6 heteroatoms. The van der Waals surface area contributed by atoms with Crippen LogP contribution in [-0.4, -0.2) is 16.6 Å². The summed E-state index contributed by atoms with van der Waals surface area (Å²) in [6.45, 7) is 0. The van der Waals surface area contributed by atoms with Gasteiger partial charge in [0.25, 0.3) is 5.91 Å². The highest BCUT2D eigenvalue weighted by atomic mass is 35.5. The third-order valence-corrected chi connectivity index (χ3v) is 5.02. The van der Waals surface area contributed by atoms with Gasteiger partial charge in [0.1, 0.15) is 11.5 Å². The normalized spacial score (nSPS) is 17.1. The molecule has 1 amide bonds. The summed E-state index contributed by atoms with van der Waals surface area (Å²) in [6, 6.07) is 14.7. The Kier molecular flexibility index (Phi) is 3.96. The van der Waals surface area contributed by atoms with E-state index in [-0.39, 0.29) is 11.9 Å². The van der Waals surface area contributed by atoms with Gasteiger partial charge in [0.2, 0.25) is 0 Å². The van der Waals surface area contributed by atoms with Crippen LogP contribution in [0.25, 0.3) is 0 Å². The van der Waals surface area contributed by atoms with Crippen molar-refractivity contribution in [1.82, 2.24) is 5.01 Å². The van der Waals surface area contributed by atoms with E-state index in [1.54, 1.807) is 11.3 Å². The zero-order valence-electron chi connectivity index (χ0n) is 12.6. The van der Waals surface area contributed by atoms with Gasteiger partial charge >= 0.3 is 0 Å². The second-order valence-corrected chi connectivity index (χ2v) is 6.81. The zero-order chi connectivity index (χ0) is 16.5. The molecule has 0 fully saturated rings. The maximum absolute atomic E-state index is 12.8. The molecule has 2 aromatic heterocycles. The van der Waals surface area contributed by atoms with Gasteiger partial charge in [-0.05, 0) is 41.3 Å². The van der Waals surface area contributed by atoms with Crippen molar-refractivity contribution in [2.24, 2.45) is 5.10 Å². The third kappa shape index (κ3) is 2.77. The number of benzene rings is 1. The molecule has 1 aromatic carbocycles. The third-order valence-electron chi connectivity index (χ3n) is 3.91. The van der Waals surface area contributed by atoms with E-state index in [1.807, 2.05) is 53.9 Å². The number of carbonyl (C=O) groups is 1. The Labute approximate surface area is 148 Å². The first-order valence-corrected chi connectivity index (χ1v) is 8.72. The van der Waals surface area contributed by atoms with Crippen LogP contribution in [0.5, 0.6) is 0 Å². The summed E-state index contributed by atoms with van der Waals surface area (Å²) in [6.07, 6.45) is 2.21. The fourth-order valence-corrected chi connectivity index (χ4v) is 3.53. The Balaban J connectivity index is 1.72. The maximum atomic E-state index is 12.8. The smallest absolute Gasteiger partial charge is 0.284 e. The highest BCUT2D eigenvalue weighted by Gasteiger charge is 2.34. The molecule has 4 nitrogen and oxygen atoms in total. The van der Waals surface area contributed by atoms with Gasteiger partial charge < -0.3 is 4.42 Å². The van der Waals surface area contributed by atoms with E-state index in [0.717, 1.165) is 11.3 Å². The number of carbonyl (C=O) groups excluding carboxylic acids is 1. The fraction of sp³-hybridized carbons (Fsp3) is 0.111. The van der Waals surface area contributed by atoms with E-state index >= 15 is 0 Å². The summed E-state index contributed by atoms with van der Waals surface area (Å²) in [5.41, 5.74) is 1.76. The van der Waals surface area contributed by atoms with Crippen molar-refractivity contribution in [3.05, 3.63) is 81.4 Å². The monoisotopic (exact) mass is 356 g/mol.